The lowest BCUT2D eigenvalue weighted by Crippen LogP contribution is -2.49. The quantitative estimate of drug-likeness (QED) is 0.647. The van der Waals surface area contributed by atoms with Crippen LogP contribution in [-0.4, -0.2) is 61.7 Å². The minimum absolute atomic E-state index is 0.0456. The lowest BCUT2D eigenvalue weighted by atomic mass is 10.2. The van der Waals surface area contributed by atoms with Gasteiger partial charge >= 0.3 is 0 Å². The lowest BCUT2D eigenvalue weighted by molar-refractivity contribution is -0.122. The monoisotopic (exact) mass is 487 g/mol. The second kappa shape index (κ2) is 7.98. The zero-order valence-electron chi connectivity index (χ0n) is 15.5. The lowest BCUT2D eigenvalue weighted by Gasteiger charge is -2.29. The maximum absolute atomic E-state index is 13.5. The molecule has 2 aromatic rings. The fraction of sp³-hybridized carbons (Fsp3) is 0.556. The average molecular weight is 488 g/mol. The Kier molecular flexibility index (Phi) is 5.76. The van der Waals surface area contributed by atoms with Crippen LogP contribution < -0.4 is 4.90 Å². The first kappa shape index (κ1) is 20.2. The van der Waals surface area contributed by atoms with Gasteiger partial charge in [0.1, 0.15) is 6.04 Å². The number of halogens is 1. The summed E-state index contributed by atoms with van der Waals surface area (Å²) in [4.78, 5) is 19.8. The number of hydrogen-bond donors (Lipinski definition) is 0. The van der Waals surface area contributed by atoms with E-state index in [1.54, 1.807) is 4.90 Å². The summed E-state index contributed by atoms with van der Waals surface area (Å²) in [5.74, 6) is -0.212. The van der Waals surface area contributed by atoms with Gasteiger partial charge in [0.25, 0.3) is 0 Å². The Balaban J connectivity index is 1.68. The number of ether oxygens (including phenoxy) is 1. The van der Waals surface area contributed by atoms with E-state index in [0.29, 0.717) is 37.7 Å². The number of amides is 1. The Hall–Kier alpha value is -1.07. The van der Waals surface area contributed by atoms with Crippen LogP contribution in [0.25, 0.3) is 10.2 Å². The Morgan fingerprint density at radius 1 is 1.39 bits per heavy atom. The van der Waals surface area contributed by atoms with Crippen molar-refractivity contribution in [2.75, 3.05) is 30.9 Å². The molecule has 0 bridgehead atoms. The van der Waals surface area contributed by atoms with Crippen LogP contribution in [0.4, 0.5) is 5.13 Å². The minimum Gasteiger partial charge on any atom is -0.376 e. The van der Waals surface area contributed by atoms with E-state index in [-0.39, 0.29) is 12.0 Å². The van der Waals surface area contributed by atoms with Crippen LogP contribution in [0, 0.1) is 0 Å². The maximum atomic E-state index is 13.5. The largest absolute Gasteiger partial charge is 0.376 e. The van der Waals surface area contributed by atoms with Crippen LogP contribution in [0.15, 0.2) is 22.7 Å². The Morgan fingerprint density at radius 2 is 2.21 bits per heavy atom. The van der Waals surface area contributed by atoms with E-state index in [1.165, 1.54) is 15.6 Å². The number of anilines is 1. The number of rotatable bonds is 5. The highest BCUT2D eigenvalue weighted by Crippen LogP contribution is 2.33. The van der Waals surface area contributed by atoms with Crippen LogP contribution in [0.5, 0.6) is 0 Å². The van der Waals surface area contributed by atoms with Gasteiger partial charge < -0.3 is 4.74 Å². The highest BCUT2D eigenvalue weighted by atomic mass is 79.9. The second-order valence-corrected chi connectivity index (χ2v) is 11.1. The van der Waals surface area contributed by atoms with E-state index in [1.807, 2.05) is 18.2 Å². The molecule has 0 aliphatic carbocycles. The van der Waals surface area contributed by atoms with Crippen molar-refractivity contribution < 1.29 is 17.9 Å². The molecule has 1 amide bonds. The first-order valence-corrected chi connectivity index (χ1v) is 12.7. The SMILES string of the molecule is CS(=O)(=O)N1CCCC1C(=O)N(CC1CCCO1)c1nc2ccc(Br)cc2s1. The van der Waals surface area contributed by atoms with Gasteiger partial charge in [0.05, 0.1) is 29.1 Å². The van der Waals surface area contributed by atoms with Gasteiger partial charge in [-0.05, 0) is 43.9 Å². The smallest absolute Gasteiger partial charge is 0.247 e. The van der Waals surface area contributed by atoms with Crippen molar-refractivity contribution in [1.82, 2.24) is 9.29 Å². The molecule has 1 aromatic heterocycles. The van der Waals surface area contributed by atoms with E-state index in [9.17, 15) is 13.2 Å². The van der Waals surface area contributed by atoms with Gasteiger partial charge in [0.15, 0.2) is 5.13 Å². The van der Waals surface area contributed by atoms with Gasteiger partial charge in [0, 0.05) is 17.6 Å². The predicted octanol–water partition coefficient (Wildman–Crippen LogP) is 2.99. The third-order valence-electron chi connectivity index (χ3n) is 5.16. The topological polar surface area (TPSA) is 79.8 Å². The summed E-state index contributed by atoms with van der Waals surface area (Å²) in [6.07, 6.45) is 4.20. The minimum atomic E-state index is -3.44. The fourth-order valence-electron chi connectivity index (χ4n) is 3.82. The third kappa shape index (κ3) is 4.11. The van der Waals surface area contributed by atoms with Crippen molar-refractivity contribution in [3.05, 3.63) is 22.7 Å². The molecule has 1 aromatic carbocycles. The van der Waals surface area contributed by atoms with Gasteiger partial charge in [-0.15, -0.1) is 0 Å². The van der Waals surface area contributed by atoms with E-state index in [2.05, 4.69) is 20.9 Å². The number of hydrogen-bond acceptors (Lipinski definition) is 6. The number of nitrogens with zero attached hydrogens (tertiary/aromatic N) is 3. The number of carbonyl (C=O) groups excluding carboxylic acids is 1. The van der Waals surface area contributed by atoms with E-state index in [0.717, 1.165) is 33.8 Å². The standard InChI is InChI=1S/C18H22BrN3O4S2/c1-28(24,25)22-8-2-5-15(22)17(23)21(11-13-4-3-9-26-13)18-20-14-7-6-12(19)10-16(14)27-18/h6-7,10,13,15H,2-5,8-9,11H2,1H3. The molecular weight excluding hydrogens is 466 g/mol. The van der Waals surface area contributed by atoms with Gasteiger partial charge in [-0.25, -0.2) is 13.4 Å². The van der Waals surface area contributed by atoms with E-state index in [4.69, 9.17) is 4.74 Å². The molecule has 28 heavy (non-hydrogen) atoms. The van der Waals surface area contributed by atoms with Crippen molar-refractivity contribution in [2.24, 2.45) is 0 Å². The van der Waals surface area contributed by atoms with Crippen molar-refractivity contribution in [2.45, 2.75) is 37.8 Å². The van der Waals surface area contributed by atoms with Crippen LogP contribution in [0.2, 0.25) is 0 Å². The molecule has 0 radical (unpaired) electrons. The molecule has 2 atom stereocenters. The van der Waals surface area contributed by atoms with Crippen LogP contribution >= 0.6 is 27.3 Å². The number of thiazole rings is 1. The molecule has 2 saturated heterocycles. The zero-order valence-corrected chi connectivity index (χ0v) is 18.7. The molecule has 2 aliphatic heterocycles. The first-order chi connectivity index (χ1) is 13.3. The van der Waals surface area contributed by atoms with Gasteiger partial charge in [-0.3, -0.25) is 9.69 Å². The summed E-state index contributed by atoms with van der Waals surface area (Å²) in [7, 11) is -3.44. The molecule has 2 fully saturated rings. The molecular formula is C18H22BrN3O4S2. The molecule has 2 aliphatic rings. The predicted molar refractivity (Wildman–Crippen MR) is 113 cm³/mol. The molecule has 7 nitrogen and oxygen atoms in total. The highest BCUT2D eigenvalue weighted by molar-refractivity contribution is 9.10. The van der Waals surface area contributed by atoms with Gasteiger partial charge in [-0.2, -0.15) is 4.31 Å². The zero-order chi connectivity index (χ0) is 19.9. The Morgan fingerprint density at radius 3 is 2.93 bits per heavy atom. The number of aromatic nitrogens is 1. The summed E-state index contributed by atoms with van der Waals surface area (Å²) < 4.78 is 33.3. The Bertz CT molecular complexity index is 988. The molecule has 0 saturated carbocycles. The summed E-state index contributed by atoms with van der Waals surface area (Å²) in [5.41, 5.74) is 0.819. The van der Waals surface area contributed by atoms with Crippen LogP contribution in [-0.2, 0) is 19.6 Å². The van der Waals surface area contributed by atoms with E-state index >= 15 is 0 Å². The maximum Gasteiger partial charge on any atom is 0.247 e. The Labute approximate surface area is 176 Å². The molecule has 3 heterocycles. The number of fused-ring (bicyclic) bond motifs is 1. The summed E-state index contributed by atoms with van der Waals surface area (Å²) in [6, 6.07) is 5.13. The van der Waals surface area contributed by atoms with Crippen molar-refractivity contribution in [1.29, 1.82) is 0 Å². The molecule has 152 valence electrons. The number of sulfonamides is 1. The summed E-state index contributed by atoms with van der Waals surface area (Å²) >= 11 is 4.91. The first-order valence-electron chi connectivity index (χ1n) is 9.29. The van der Waals surface area contributed by atoms with Crippen LogP contribution in [0.3, 0.4) is 0 Å². The molecule has 0 N–H and O–H groups in total. The molecule has 2 unspecified atom stereocenters. The fourth-order valence-corrected chi connectivity index (χ4v) is 6.47. The van der Waals surface area contributed by atoms with Crippen LogP contribution in [0.1, 0.15) is 25.7 Å². The highest BCUT2D eigenvalue weighted by Gasteiger charge is 2.40. The van der Waals surface area contributed by atoms with Crippen molar-refractivity contribution >= 4 is 58.5 Å². The summed E-state index contributed by atoms with van der Waals surface area (Å²) in [6.45, 7) is 1.47. The van der Waals surface area contributed by atoms with E-state index < -0.39 is 16.1 Å². The molecule has 4 rings (SSSR count). The average Bonchev–Trinajstić information content (AvgIpc) is 3.37. The molecule has 0 spiro atoms. The normalized spacial score (nSPS) is 23.5. The van der Waals surface area contributed by atoms with Crippen molar-refractivity contribution in [3.63, 3.8) is 0 Å². The van der Waals surface area contributed by atoms with Gasteiger partial charge in [-0.1, -0.05) is 27.3 Å². The second-order valence-electron chi connectivity index (χ2n) is 7.22. The number of benzene rings is 1. The third-order valence-corrected chi connectivity index (χ3v) is 7.98. The van der Waals surface area contributed by atoms with Crippen molar-refractivity contribution in [3.8, 4) is 0 Å². The van der Waals surface area contributed by atoms with Gasteiger partial charge in [0.2, 0.25) is 15.9 Å². The number of carbonyl (C=O) groups is 1. The summed E-state index contributed by atoms with van der Waals surface area (Å²) in [5, 5.41) is 0.592. The molecule has 10 heteroatoms.